The van der Waals surface area contributed by atoms with Crippen molar-refractivity contribution in [3.05, 3.63) is 65.4 Å². The van der Waals surface area contributed by atoms with Gasteiger partial charge in [-0.05, 0) is 36.3 Å². The fourth-order valence-electron chi connectivity index (χ4n) is 3.59. The normalized spacial score (nSPS) is 11.4. The highest BCUT2D eigenvalue weighted by molar-refractivity contribution is 7.14. The number of hydrogen-bond donors (Lipinski definition) is 2. The average Bonchev–Trinajstić information content (AvgIpc) is 3.43. The number of fused-ring (bicyclic) bond motifs is 1. The van der Waals surface area contributed by atoms with E-state index in [2.05, 4.69) is 10.3 Å². The number of amides is 2. The first kappa shape index (κ1) is 23.1. The third-order valence-electron chi connectivity index (χ3n) is 5.19. The summed E-state index contributed by atoms with van der Waals surface area (Å²) in [6, 6.07) is 11.5. The van der Waals surface area contributed by atoms with Crippen LogP contribution in [0, 0.1) is 0 Å². The van der Waals surface area contributed by atoms with Crippen LogP contribution in [0.15, 0.2) is 58.5 Å². The van der Waals surface area contributed by atoms with Gasteiger partial charge in [-0.1, -0.05) is 12.1 Å². The predicted molar refractivity (Wildman–Crippen MR) is 132 cm³/mol. The molecule has 2 aromatic carbocycles. The molecule has 0 atom stereocenters. The Morgan fingerprint density at radius 3 is 2.76 bits per heavy atom. The van der Waals surface area contributed by atoms with Crippen LogP contribution >= 0.6 is 11.3 Å². The van der Waals surface area contributed by atoms with Crippen molar-refractivity contribution in [3.63, 3.8) is 0 Å². The molecule has 0 aliphatic carbocycles. The van der Waals surface area contributed by atoms with Gasteiger partial charge in [0.1, 0.15) is 17.1 Å². The maximum absolute atomic E-state index is 12.6. The largest absolute Gasteiger partial charge is 0.497 e. The van der Waals surface area contributed by atoms with Gasteiger partial charge in [0, 0.05) is 34.0 Å². The van der Waals surface area contributed by atoms with Crippen LogP contribution in [0.3, 0.4) is 0 Å². The summed E-state index contributed by atoms with van der Waals surface area (Å²) in [5.74, 6) is 0.502. The van der Waals surface area contributed by atoms with Gasteiger partial charge in [0.25, 0.3) is 0 Å². The van der Waals surface area contributed by atoms with Gasteiger partial charge in [-0.2, -0.15) is 0 Å². The number of rotatable bonds is 8. The second kappa shape index (κ2) is 9.80. The smallest absolute Gasteiger partial charge is 0.250 e. The zero-order chi connectivity index (χ0) is 24.2. The lowest BCUT2D eigenvalue weighted by Gasteiger charge is -2.10. The first-order valence-corrected chi connectivity index (χ1v) is 11.2. The number of hydrogen-bond acceptors (Lipinski definition) is 7. The Kier molecular flexibility index (Phi) is 6.65. The highest BCUT2D eigenvalue weighted by Crippen LogP contribution is 2.38. The average molecular weight is 478 g/mol. The molecule has 0 aliphatic rings. The summed E-state index contributed by atoms with van der Waals surface area (Å²) >= 11 is 1.23. The van der Waals surface area contributed by atoms with Crippen LogP contribution in [0.1, 0.15) is 18.2 Å². The van der Waals surface area contributed by atoms with Gasteiger partial charge in [-0.15, -0.1) is 11.3 Å². The highest BCUT2D eigenvalue weighted by atomic mass is 32.1. The van der Waals surface area contributed by atoms with E-state index in [1.165, 1.54) is 17.4 Å². The molecule has 174 valence electrons. The maximum Gasteiger partial charge on any atom is 0.250 e. The molecule has 0 saturated carbocycles. The molecule has 4 rings (SSSR count). The third-order valence-corrected chi connectivity index (χ3v) is 5.99. The predicted octanol–water partition coefficient (Wildman–Crippen LogP) is 4.64. The lowest BCUT2D eigenvalue weighted by molar-refractivity contribution is -0.117. The van der Waals surface area contributed by atoms with Crippen molar-refractivity contribution in [1.82, 2.24) is 4.98 Å². The first-order chi connectivity index (χ1) is 16.4. The SMILES string of the molecule is COc1cccc(-c2coc3cc(OC)c(/C(C)=C/C(=O)Nc4nc(CC(N)=O)cs4)cc23)c1. The van der Waals surface area contributed by atoms with E-state index in [1.54, 1.807) is 31.9 Å². The van der Waals surface area contributed by atoms with Crippen LogP contribution < -0.4 is 20.5 Å². The molecule has 0 bridgehead atoms. The van der Waals surface area contributed by atoms with Crippen molar-refractivity contribution in [2.75, 3.05) is 19.5 Å². The van der Waals surface area contributed by atoms with Gasteiger partial charge in [0.2, 0.25) is 11.8 Å². The Bertz CT molecular complexity index is 1400. The minimum Gasteiger partial charge on any atom is -0.497 e. The van der Waals surface area contributed by atoms with E-state index >= 15 is 0 Å². The zero-order valence-electron chi connectivity index (χ0n) is 18.9. The fraction of sp³-hybridized carbons (Fsp3) is 0.160. The quantitative estimate of drug-likeness (QED) is 0.357. The van der Waals surface area contributed by atoms with Crippen LogP contribution in [-0.4, -0.2) is 31.0 Å². The number of furan rings is 1. The maximum atomic E-state index is 12.6. The van der Waals surface area contributed by atoms with Crippen molar-refractivity contribution >= 4 is 44.8 Å². The first-order valence-electron chi connectivity index (χ1n) is 10.3. The summed E-state index contributed by atoms with van der Waals surface area (Å²) in [4.78, 5) is 27.9. The minimum atomic E-state index is -0.478. The minimum absolute atomic E-state index is 0.0266. The molecular formula is C25H23N3O5S. The summed E-state index contributed by atoms with van der Waals surface area (Å²) in [7, 11) is 3.19. The zero-order valence-corrected chi connectivity index (χ0v) is 19.7. The molecule has 2 aromatic heterocycles. The van der Waals surface area contributed by atoms with Gasteiger partial charge in [0.05, 0.1) is 32.6 Å². The van der Waals surface area contributed by atoms with Gasteiger partial charge >= 0.3 is 0 Å². The number of nitrogens with zero attached hydrogens (tertiary/aromatic N) is 1. The highest BCUT2D eigenvalue weighted by Gasteiger charge is 2.16. The van der Waals surface area contributed by atoms with Crippen LogP contribution in [0.4, 0.5) is 5.13 Å². The molecule has 0 spiro atoms. The third kappa shape index (κ3) is 4.94. The van der Waals surface area contributed by atoms with Gasteiger partial charge in [-0.25, -0.2) is 4.98 Å². The molecule has 8 nitrogen and oxygen atoms in total. The Labute approximate surface area is 200 Å². The van der Waals surface area contributed by atoms with E-state index in [0.29, 0.717) is 27.7 Å². The number of aromatic nitrogens is 1. The monoisotopic (exact) mass is 477 g/mol. The molecule has 0 saturated heterocycles. The van der Waals surface area contributed by atoms with E-state index in [1.807, 2.05) is 37.3 Å². The Morgan fingerprint density at radius 1 is 1.21 bits per heavy atom. The number of primary amides is 1. The standard InChI is InChI=1S/C25H23N3O5S/c1-14(7-24(30)28-25-27-16(13-34-25)9-23(26)29)18-10-19-20(12-33-22(19)11-21(18)32-3)15-5-4-6-17(8-15)31-2/h4-8,10-13H,9H2,1-3H3,(H2,26,29)(H,27,28,30)/b14-7+. The molecule has 0 unspecified atom stereocenters. The second-order valence-corrected chi connectivity index (χ2v) is 8.39. The number of benzene rings is 2. The molecule has 3 N–H and O–H groups in total. The summed E-state index contributed by atoms with van der Waals surface area (Å²) in [5.41, 5.74) is 9.68. The van der Waals surface area contributed by atoms with Gasteiger partial charge < -0.3 is 19.6 Å². The van der Waals surface area contributed by atoms with Crippen LogP contribution in [0.5, 0.6) is 11.5 Å². The van der Waals surface area contributed by atoms with Crippen molar-refractivity contribution in [2.24, 2.45) is 5.73 Å². The molecule has 34 heavy (non-hydrogen) atoms. The van der Waals surface area contributed by atoms with Crippen LogP contribution in [0.2, 0.25) is 0 Å². The van der Waals surface area contributed by atoms with Gasteiger partial charge in [0.15, 0.2) is 5.13 Å². The summed E-state index contributed by atoms with van der Waals surface area (Å²) < 4.78 is 16.7. The lowest BCUT2D eigenvalue weighted by Crippen LogP contribution is -2.14. The van der Waals surface area contributed by atoms with E-state index in [0.717, 1.165) is 27.8 Å². The summed E-state index contributed by atoms with van der Waals surface area (Å²) in [6.45, 7) is 1.83. The van der Waals surface area contributed by atoms with Crippen molar-refractivity contribution < 1.29 is 23.5 Å². The van der Waals surface area contributed by atoms with Crippen LogP contribution in [0.25, 0.3) is 27.7 Å². The number of methoxy groups -OCH3 is 2. The number of carbonyl (C=O) groups is 2. The number of carbonyl (C=O) groups excluding carboxylic acids is 2. The molecule has 0 aliphatic heterocycles. The van der Waals surface area contributed by atoms with E-state index in [4.69, 9.17) is 19.6 Å². The number of nitrogens with two attached hydrogens (primary N) is 1. The van der Waals surface area contributed by atoms with Crippen LogP contribution in [-0.2, 0) is 16.0 Å². The van der Waals surface area contributed by atoms with E-state index in [-0.39, 0.29) is 12.3 Å². The van der Waals surface area contributed by atoms with Gasteiger partial charge in [-0.3, -0.25) is 14.9 Å². The summed E-state index contributed by atoms with van der Waals surface area (Å²) in [5, 5.41) is 5.68. The second-order valence-electron chi connectivity index (χ2n) is 7.53. The van der Waals surface area contributed by atoms with E-state index in [9.17, 15) is 9.59 Å². The Balaban J connectivity index is 1.65. The Morgan fingerprint density at radius 2 is 2.03 bits per heavy atom. The van der Waals surface area contributed by atoms with Crippen molar-refractivity contribution in [3.8, 4) is 22.6 Å². The molecule has 4 aromatic rings. The fourth-order valence-corrected chi connectivity index (χ4v) is 4.30. The number of thiazole rings is 1. The van der Waals surface area contributed by atoms with E-state index < -0.39 is 5.91 Å². The number of ether oxygens (including phenoxy) is 2. The Hall–Kier alpha value is -4.11. The number of anilines is 1. The number of nitrogens with one attached hydrogen (secondary N) is 1. The van der Waals surface area contributed by atoms with Crippen molar-refractivity contribution in [2.45, 2.75) is 13.3 Å². The summed E-state index contributed by atoms with van der Waals surface area (Å²) in [6.07, 6.45) is 3.20. The topological polar surface area (TPSA) is 117 Å². The molecular weight excluding hydrogens is 454 g/mol. The molecule has 9 heteroatoms. The lowest BCUT2D eigenvalue weighted by atomic mass is 9.99. The molecule has 0 radical (unpaired) electrons. The molecule has 2 amide bonds. The van der Waals surface area contributed by atoms with Crippen molar-refractivity contribution in [1.29, 1.82) is 0 Å². The molecule has 2 heterocycles. The molecule has 0 fully saturated rings. The number of allylic oxidation sites excluding steroid dienone is 1.